The Morgan fingerprint density at radius 3 is 2.81 bits per heavy atom. The van der Waals surface area contributed by atoms with Crippen molar-refractivity contribution in [2.45, 2.75) is 39.0 Å². The maximum Gasteiger partial charge on any atom is 0.341 e. The average Bonchev–Trinajstić information content (AvgIpc) is 3.03. The molecule has 142 valence electrons. The molecule has 0 spiro atoms. The normalized spacial score (nSPS) is 13.4. The predicted molar refractivity (Wildman–Crippen MR) is 111 cm³/mol. The van der Waals surface area contributed by atoms with E-state index in [1.54, 1.807) is 12.1 Å². The Hall–Kier alpha value is -2.11. The third-order valence-electron chi connectivity index (χ3n) is 4.37. The van der Waals surface area contributed by atoms with Gasteiger partial charge in [0.1, 0.15) is 5.00 Å². The number of amides is 1. The number of rotatable bonds is 6. The van der Waals surface area contributed by atoms with Crippen molar-refractivity contribution in [2.24, 2.45) is 0 Å². The molecule has 4 nitrogen and oxygen atoms in total. The zero-order valence-corrected chi connectivity index (χ0v) is 16.8. The van der Waals surface area contributed by atoms with Gasteiger partial charge in [-0.25, -0.2) is 4.79 Å². The maximum absolute atomic E-state index is 12.6. The quantitative estimate of drug-likeness (QED) is 0.511. The Balaban J connectivity index is 1.81. The predicted octanol–water partition coefficient (Wildman–Crippen LogP) is 5.50. The van der Waals surface area contributed by atoms with Gasteiger partial charge in [0, 0.05) is 16.0 Å². The van der Waals surface area contributed by atoms with Crippen LogP contribution in [0.3, 0.4) is 0 Å². The fourth-order valence-corrected chi connectivity index (χ4v) is 4.55. The molecule has 27 heavy (non-hydrogen) atoms. The molecule has 0 aliphatic heterocycles. The van der Waals surface area contributed by atoms with E-state index in [2.05, 4.69) is 5.32 Å². The molecule has 0 radical (unpaired) electrons. The highest BCUT2D eigenvalue weighted by atomic mass is 35.5. The van der Waals surface area contributed by atoms with Crippen molar-refractivity contribution in [3.63, 3.8) is 0 Å². The number of carbonyl (C=O) groups excluding carboxylic acids is 2. The van der Waals surface area contributed by atoms with Gasteiger partial charge in [-0.15, -0.1) is 11.3 Å². The van der Waals surface area contributed by atoms with Crippen LogP contribution < -0.4 is 5.32 Å². The summed E-state index contributed by atoms with van der Waals surface area (Å²) in [5, 5.41) is 4.02. The molecule has 1 aliphatic rings. The Kier molecular flexibility index (Phi) is 6.69. The van der Waals surface area contributed by atoms with Gasteiger partial charge in [0.15, 0.2) is 0 Å². The van der Waals surface area contributed by atoms with Gasteiger partial charge in [-0.05, 0) is 55.4 Å². The first kappa shape index (κ1) is 19.6. The molecule has 0 fully saturated rings. The Morgan fingerprint density at radius 1 is 1.26 bits per heavy atom. The number of hydrogen-bond acceptors (Lipinski definition) is 4. The number of hydrogen-bond donors (Lipinski definition) is 1. The number of anilines is 1. The van der Waals surface area contributed by atoms with Gasteiger partial charge >= 0.3 is 5.97 Å². The van der Waals surface area contributed by atoms with Gasteiger partial charge in [0.05, 0.1) is 12.2 Å². The summed E-state index contributed by atoms with van der Waals surface area (Å²) in [6.45, 7) is 2.34. The van der Waals surface area contributed by atoms with E-state index in [0.29, 0.717) is 22.2 Å². The third-order valence-corrected chi connectivity index (χ3v) is 5.92. The summed E-state index contributed by atoms with van der Waals surface area (Å²) in [6, 6.07) is 7.31. The van der Waals surface area contributed by atoms with Crippen molar-refractivity contribution in [1.82, 2.24) is 0 Å². The molecule has 0 saturated carbocycles. The van der Waals surface area contributed by atoms with Crippen molar-refractivity contribution in [1.29, 1.82) is 0 Å². The number of halogens is 1. The summed E-state index contributed by atoms with van der Waals surface area (Å²) < 4.78 is 5.35. The minimum Gasteiger partial charge on any atom is -0.462 e. The van der Waals surface area contributed by atoms with Gasteiger partial charge in [0.2, 0.25) is 5.91 Å². The smallest absolute Gasteiger partial charge is 0.341 e. The van der Waals surface area contributed by atoms with E-state index in [4.69, 9.17) is 16.3 Å². The van der Waals surface area contributed by atoms with Crippen LogP contribution in [0.5, 0.6) is 0 Å². The highest BCUT2D eigenvalue weighted by Crippen LogP contribution is 2.38. The van der Waals surface area contributed by atoms with Gasteiger partial charge in [-0.1, -0.05) is 36.7 Å². The Labute approximate surface area is 168 Å². The molecule has 1 heterocycles. The highest BCUT2D eigenvalue weighted by Gasteiger charge is 2.27. The van der Waals surface area contributed by atoms with Crippen LogP contribution in [0.1, 0.15) is 52.5 Å². The monoisotopic (exact) mass is 403 g/mol. The van der Waals surface area contributed by atoms with Crippen molar-refractivity contribution in [3.05, 3.63) is 56.9 Å². The number of aryl methyl sites for hydroxylation is 1. The summed E-state index contributed by atoms with van der Waals surface area (Å²) in [5.74, 6) is -0.639. The number of thiophene rings is 1. The van der Waals surface area contributed by atoms with E-state index in [-0.39, 0.29) is 11.9 Å². The molecule has 0 unspecified atom stereocenters. The van der Waals surface area contributed by atoms with E-state index >= 15 is 0 Å². The molecule has 1 aromatic carbocycles. The lowest BCUT2D eigenvalue weighted by atomic mass is 9.95. The number of nitrogens with one attached hydrogen (secondary N) is 1. The van der Waals surface area contributed by atoms with Crippen LogP contribution in [0.2, 0.25) is 5.02 Å². The number of esters is 1. The second kappa shape index (κ2) is 9.20. The van der Waals surface area contributed by atoms with E-state index in [9.17, 15) is 9.59 Å². The maximum atomic E-state index is 12.6. The van der Waals surface area contributed by atoms with Crippen LogP contribution in [0.15, 0.2) is 30.3 Å². The van der Waals surface area contributed by atoms with Crippen molar-refractivity contribution in [3.8, 4) is 0 Å². The molecule has 2 aromatic rings. The molecule has 0 atom stereocenters. The zero-order valence-electron chi connectivity index (χ0n) is 15.2. The summed E-state index contributed by atoms with van der Waals surface area (Å²) in [4.78, 5) is 26.1. The van der Waals surface area contributed by atoms with Gasteiger partial charge in [-0.3, -0.25) is 4.79 Å². The summed E-state index contributed by atoms with van der Waals surface area (Å²) >= 11 is 7.59. The SMILES string of the molecule is CCCOC(=O)c1c(NC(=O)C=Cc2ccccc2Cl)sc2c1CCCC2. The largest absolute Gasteiger partial charge is 0.462 e. The molecule has 1 aromatic heterocycles. The topological polar surface area (TPSA) is 55.4 Å². The summed E-state index contributed by atoms with van der Waals surface area (Å²) in [5.41, 5.74) is 2.34. The van der Waals surface area contributed by atoms with Gasteiger partial charge in [-0.2, -0.15) is 0 Å². The highest BCUT2D eigenvalue weighted by molar-refractivity contribution is 7.17. The van der Waals surface area contributed by atoms with Crippen molar-refractivity contribution >= 4 is 45.9 Å². The first-order chi connectivity index (χ1) is 13.1. The molecular weight excluding hydrogens is 382 g/mol. The van der Waals surface area contributed by atoms with Crippen LogP contribution in [0, 0.1) is 0 Å². The number of ether oxygens (including phenoxy) is 1. The second-order valence-corrected chi connectivity index (χ2v) is 7.91. The fraction of sp³-hybridized carbons (Fsp3) is 0.333. The lowest BCUT2D eigenvalue weighted by Crippen LogP contribution is -2.14. The minimum atomic E-state index is -0.346. The second-order valence-electron chi connectivity index (χ2n) is 6.40. The fourth-order valence-electron chi connectivity index (χ4n) is 3.07. The molecule has 1 amide bonds. The van der Waals surface area contributed by atoms with E-state index < -0.39 is 0 Å². The molecule has 1 aliphatic carbocycles. The van der Waals surface area contributed by atoms with E-state index in [1.807, 2.05) is 25.1 Å². The summed E-state index contributed by atoms with van der Waals surface area (Å²) in [7, 11) is 0. The summed E-state index contributed by atoms with van der Waals surface area (Å²) in [6.07, 6.45) is 7.82. The molecular formula is C21H22ClNO3S. The third kappa shape index (κ3) is 4.79. The Morgan fingerprint density at radius 2 is 2.04 bits per heavy atom. The van der Waals surface area contributed by atoms with Gasteiger partial charge in [0.25, 0.3) is 0 Å². The molecule has 0 saturated heterocycles. The van der Waals surface area contributed by atoms with Crippen LogP contribution >= 0.6 is 22.9 Å². The number of carbonyl (C=O) groups is 2. The number of fused-ring (bicyclic) bond motifs is 1. The van der Waals surface area contributed by atoms with Crippen LogP contribution in [-0.4, -0.2) is 18.5 Å². The lowest BCUT2D eigenvalue weighted by Gasteiger charge is -2.12. The number of benzene rings is 1. The molecule has 3 rings (SSSR count). The standard InChI is InChI=1S/C21H22ClNO3S/c1-2-13-26-21(25)19-15-8-4-6-10-17(15)27-20(19)23-18(24)12-11-14-7-3-5-9-16(14)22/h3,5,7,9,11-12H,2,4,6,8,10,13H2,1H3,(H,23,24). The van der Waals surface area contributed by atoms with Crippen molar-refractivity contribution < 1.29 is 14.3 Å². The molecule has 6 heteroatoms. The van der Waals surface area contributed by atoms with Crippen LogP contribution in [0.4, 0.5) is 5.00 Å². The van der Waals surface area contributed by atoms with Crippen molar-refractivity contribution in [2.75, 3.05) is 11.9 Å². The van der Waals surface area contributed by atoms with Gasteiger partial charge < -0.3 is 10.1 Å². The van der Waals surface area contributed by atoms with Crippen LogP contribution in [0.25, 0.3) is 6.08 Å². The zero-order chi connectivity index (χ0) is 19.2. The van der Waals surface area contributed by atoms with Crippen LogP contribution in [-0.2, 0) is 22.4 Å². The molecule has 1 N–H and O–H groups in total. The first-order valence-electron chi connectivity index (χ1n) is 9.15. The first-order valence-corrected chi connectivity index (χ1v) is 10.3. The minimum absolute atomic E-state index is 0.293. The van der Waals surface area contributed by atoms with E-state index in [1.165, 1.54) is 22.3 Å². The average molecular weight is 404 g/mol. The molecule has 0 bridgehead atoms. The lowest BCUT2D eigenvalue weighted by molar-refractivity contribution is -0.111. The van der Waals surface area contributed by atoms with E-state index in [0.717, 1.165) is 43.2 Å². The Bertz CT molecular complexity index is 872.